The summed E-state index contributed by atoms with van der Waals surface area (Å²) in [6.07, 6.45) is 4.09. The Labute approximate surface area is 118 Å². The van der Waals surface area contributed by atoms with Gasteiger partial charge in [0.25, 0.3) is 5.56 Å². The highest BCUT2D eigenvalue weighted by atomic mass is 16.1. The Morgan fingerprint density at radius 3 is 3.10 bits per heavy atom. The zero-order valence-corrected chi connectivity index (χ0v) is 11.9. The van der Waals surface area contributed by atoms with Gasteiger partial charge < -0.3 is 15.6 Å². The maximum absolute atomic E-state index is 12.1. The normalized spacial score (nSPS) is 14.1. The average Bonchev–Trinajstić information content (AvgIpc) is 2.48. The van der Waals surface area contributed by atoms with E-state index in [1.807, 2.05) is 13.1 Å². The molecule has 0 fully saturated rings. The Balaban J connectivity index is 2.03. The number of hydrogen-bond acceptors (Lipinski definition) is 3. The fraction of sp³-hybridized carbons (Fsp3) is 0.438. The van der Waals surface area contributed by atoms with Gasteiger partial charge in [0.1, 0.15) is 0 Å². The van der Waals surface area contributed by atoms with E-state index in [1.54, 1.807) is 0 Å². The molecule has 4 heteroatoms. The number of aromatic nitrogens is 1. The second-order valence-corrected chi connectivity index (χ2v) is 5.43. The fourth-order valence-corrected chi connectivity index (χ4v) is 2.92. The third-order valence-corrected chi connectivity index (χ3v) is 3.97. The van der Waals surface area contributed by atoms with Gasteiger partial charge in [-0.2, -0.15) is 0 Å². The van der Waals surface area contributed by atoms with E-state index in [9.17, 15) is 4.79 Å². The lowest BCUT2D eigenvalue weighted by molar-refractivity contribution is 0.725. The monoisotopic (exact) mass is 271 g/mol. The first-order valence-corrected chi connectivity index (χ1v) is 7.36. The molecular weight excluding hydrogens is 250 g/mol. The minimum Gasteiger partial charge on any atom is -0.384 e. The molecule has 20 heavy (non-hydrogen) atoms. The maximum atomic E-state index is 12.1. The molecule has 1 aromatic heterocycles. The largest absolute Gasteiger partial charge is 0.384 e. The lowest BCUT2D eigenvalue weighted by atomic mass is 9.99. The summed E-state index contributed by atoms with van der Waals surface area (Å²) in [5.74, 6) is 0. The summed E-state index contributed by atoms with van der Waals surface area (Å²) in [5.41, 5.74) is 4.28. The van der Waals surface area contributed by atoms with E-state index in [2.05, 4.69) is 27.8 Å². The molecular formula is C16H21N3O. The number of fused-ring (bicyclic) bond motifs is 3. The topological polar surface area (TPSA) is 56.9 Å². The minimum absolute atomic E-state index is 0.0580. The van der Waals surface area contributed by atoms with Gasteiger partial charge >= 0.3 is 0 Å². The van der Waals surface area contributed by atoms with Gasteiger partial charge in [-0.25, -0.2) is 0 Å². The van der Waals surface area contributed by atoms with Crippen LogP contribution in [0.1, 0.15) is 24.0 Å². The summed E-state index contributed by atoms with van der Waals surface area (Å²) in [6.45, 7) is 1.98. The Bertz CT molecular complexity index is 675. The average molecular weight is 271 g/mol. The van der Waals surface area contributed by atoms with Crippen molar-refractivity contribution in [1.82, 2.24) is 10.3 Å². The van der Waals surface area contributed by atoms with E-state index in [-0.39, 0.29) is 5.56 Å². The Hall–Kier alpha value is -1.81. The second kappa shape index (κ2) is 5.67. The highest BCUT2D eigenvalue weighted by Gasteiger charge is 2.16. The molecule has 0 saturated heterocycles. The van der Waals surface area contributed by atoms with Crippen LogP contribution in [0.3, 0.4) is 0 Å². The van der Waals surface area contributed by atoms with Crippen LogP contribution in [0.2, 0.25) is 0 Å². The zero-order valence-electron chi connectivity index (χ0n) is 11.9. The van der Waals surface area contributed by atoms with E-state index in [0.717, 1.165) is 60.9 Å². The molecule has 0 amide bonds. The number of rotatable bonds is 4. The highest BCUT2D eigenvalue weighted by Crippen LogP contribution is 2.28. The molecule has 0 radical (unpaired) electrons. The molecule has 0 saturated carbocycles. The van der Waals surface area contributed by atoms with Crippen molar-refractivity contribution < 1.29 is 0 Å². The molecule has 0 atom stereocenters. The van der Waals surface area contributed by atoms with Gasteiger partial charge in [0, 0.05) is 17.5 Å². The Morgan fingerprint density at radius 2 is 2.25 bits per heavy atom. The van der Waals surface area contributed by atoms with E-state index >= 15 is 0 Å². The molecule has 1 aromatic carbocycles. The smallest absolute Gasteiger partial charge is 0.253 e. The molecule has 0 aliphatic carbocycles. The molecule has 0 unspecified atom stereocenters. The van der Waals surface area contributed by atoms with Crippen molar-refractivity contribution in [2.75, 3.05) is 25.5 Å². The van der Waals surface area contributed by atoms with Gasteiger partial charge in [0.05, 0.1) is 11.2 Å². The van der Waals surface area contributed by atoms with Crippen LogP contribution in [-0.4, -0.2) is 25.1 Å². The van der Waals surface area contributed by atoms with Crippen molar-refractivity contribution in [3.8, 4) is 0 Å². The molecule has 1 aliphatic rings. The minimum atomic E-state index is 0.0580. The number of anilines is 1. The molecule has 2 aromatic rings. The van der Waals surface area contributed by atoms with Crippen LogP contribution < -0.4 is 16.2 Å². The van der Waals surface area contributed by atoms with Crippen LogP contribution in [0.5, 0.6) is 0 Å². The van der Waals surface area contributed by atoms with E-state index in [0.29, 0.717) is 0 Å². The first kappa shape index (κ1) is 13.2. The van der Waals surface area contributed by atoms with Crippen molar-refractivity contribution in [3.05, 3.63) is 39.7 Å². The van der Waals surface area contributed by atoms with Crippen molar-refractivity contribution in [3.63, 3.8) is 0 Å². The molecule has 3 rings (SSSR count). The lowest BCUT2D eigenvalue weighted by Crippen LogP contribution is -2.22. The molecule has 1 aliphatic heterocycles. The van der Waals surface area contributed by atoms with Gasteiger partial charge in [0.15, 0.2) is 0 Å². The SMILES string of the molecule is CNCCCc1ccc2[nH]c(=O)c3c(c2c1)NCCC3. The third-order valence-electron chi connectivity index (χ3n) is 3.97. The van der Waals surface area contributed by atoms with Crippen LogP contribution in [0, 0.1) is 0 Å². The van der Waals surface area contributed by atoms with Crippen LogP contribution in [0.15, 0.2) is 23.0 Å². The first-order valence-electron chi connectivity index (χ1n) is 7.36. The second-order valence-electron chi connectivity index (χ2n) is 5.43. The Morgan fingerprint density at radius 1 is 1.35 bits per heavy atom. The van der Waals surface area contributed by atoms with Crippen LogP contribution in [0.4, 0.5) is 5.69 Å². The number of hydrogen-bond donors (Lipinski definition) is 3. The van der Waals surface area contributed by atoms with E-state index in [1.165, 1.54) is 5.56 Å². The van der Waals surface area contributed by atoms with Crippen LogP contribution in [0.25, 0.3) is 10.9 Å². The fourth-order valence-electron chi connectivity index (χ4n) is 2.92. The van der Waals surface area contributed by atoms with Crippen molar-refractivity contribution in [2.24, 2.45) is 0 Å². The van der Waals surface area contributed by atoms with Gasteiger partial charge in [-0.3, -0.25) is 4.79 Å². The summed E-state index contributed by atoms with van der Waals surface area (Å²) >= 11 is 0. The van der Waals surface area contributed by atoms with E-state index in [4.69, 9.17) is 0 Å². The standard InChI is InChI=1S/C16H21N3O/c1-17-8-2-4-11-6-7-14-13(10-11)15-12(16(20)19-14)5-3-9-18-15/h6-7,10,17-18H,2-5,8-9H2,1H3,(H,19,20). The zero-order chi connectivity index (χ0) is 13.9. The molecule has 2 heterocycles. The van der Waals surface area contributed by atoms with E-state index < -0.39 is 0 Å². The maximum Gasteiger partial charge on any atom is 0.253 e. The van der Waals surface area contributed by atoms with Crippen molar-refractivity contribution >= 4 is 16.6 Å². The number of H-pyrrole nitrogens is 1. The van der Waals surface area contributed by atoms with Crippen molar-refractivity contribution in [1.29, 1.82) is 0 Å². The van der Waals surface area contributed by atoms with Gasteiger partial charge in [-0.15, -0.1) is 0 Å². The van der Waals surface area contributed by atoms with Crippen molar-refractivity contribution in [2.45, 2.75) is 25.7 Å². The summed E-state index contributed by atoms with van der Waals surface area (Å²) < 4.78 is 0. The summed E-state index contributed by atoms with van der Waals surface area (Å²) in [6, 6.07) is 6.36. The molecule has 106 valence electrons. The number of aromatic amines is 1. The van der Waals surface area contributed by atoms with Gasteiger partial charge in [-0.05, 0) is 57.0 Å². The number of nitrogens with one attached hydrogen (secondary N) is 3. The molecule has 0 spiro atoms. The van der Waals surface area contributed by atoms with Crippen LogP contribution in [-0.2, 0) is 12.8 Å². The number of aryl methyl sites for hydroxylation is 1. The number of benzene rings is 1. The first-order chi connectivity index (χ1) is 9.79. The predicted molar refractivity (Wildman–Crippen MR) is 83.6 cm³/mol. The molecule has 4 nitrogen and oxygen atoms in total. The van der Waals surface area contributed by atoms with Crippen LogP contribution >= 0.6 is 0 Å². The highest BCUT2D eigenvalue weighted by molar-refractivity contribution is 5.93. The summed E-state index contributed by atoms with van der Waals surface area (Å²) in [4.78, 5) is 15.1. The number of pyridine rings is 1. The van der Waals surface area contributed by atoms with Gasteiger partial charge in [-0.1, -0.05) is 6.07 Å². The lowest BCUT2D eigenvalue weighted by Gasteiger charge is -2.19. The predicted octanol–water partition coefficient (Wildman–Crippen LogP) is 2.04. The Kier molecular flexibility index (Phi) is 3.74. The summed E-state index contributed by atoms with van der Waals surface area (Å²) in [5, 5.41) is 7.74. The quantitative estimate of drug-likeness (QED) is 0.746. The van der Waals surface area contributed by atoms with Gasteiger partial charge in [0.2, 0.25) is 0 Å². The summed E-state index contributed by atoms with van der Waals surface area (Å²) in [7, 11) is 1.98. The third kappa shape index (κ3) is 2.43. The molecule has 3 N–H and O–H groups in total. The molecule has 0 bridgehead atoms.